The topological polar surface area (TPSA) is 37.3 Å². The summed E-state index contributed by atoms with van der Waals surface area (Å²) in [5.41, 5.74) is -0.111. The van der Waals surface area contributed by atoms with E-state index in [2.05, 4.69) is 0 Å². The fourth-order valence-corrected chi connectivity index (χ4v) is 0.812. The van der Waals surface area contributed by atoms with Crippen LogP contribution in [-0.4, -0.2) is 17.3 Å². The van der Waals surface area contributed by atoms with Crippen LogP contribution in [0.4, 0.5) is 13.2 Å². The molecule has 1 N–H and O–H groups in total. The number of allylic oxidation sites excluding steroid dienone is 1. The fraction of sp³-hybridized carbons (Fsp3) is 0.625. The molecular weight excluding hydrogens is 185 g/mol. The van der Waals surface area contributed by atoms with Crippen LogP contribution in [-0.2, 0) is 4.79 Å². The first kappa shape index (κ1) is 12.0. The van der Waals surface area contributed by atoms with Crippen molar-refractivity contribution in [2.75, 3.05) is 0 Å². The van der Waals surface area contributed by atoms with E-state index in [0.29, 0.717) is 6.08 Å². The van der Waals surface area contributed by atoms with Gasteiger partial charge in [-0.25, -0.2) is 4.79 Å². The molecule has 2 nitrogen and oxygen atoms in total. The zero-order valence-electron chi connectivity index (χ0n) is 7.35. The standard InChI is InChI=1S/C8H11F3O2/c1-5(2)6(3-7(12)13)4-8(9,10)11/h3,5H,4H2,1-2H3,(H,12,13)/b6-3+. The molecule has 0 aliphatic carbocycles. The van der Waals surface area contributed by atoms with Crippen molar-refractivity contribution in [1.29, 1.82) is 0 Å². The van der Waals surface area contributed by atoms with Gasteiger partial charge in [-0.2, -0.15) is 13.2 Å². The Morgan fingerprint density at radius 3 is 2.15 bits per heavy atom. The second-order valence-electron chi connectivity index (χ2n) is 3.00. The van der Waals surface area contributed by atoms with Crippen molar-refractivity contribution in [2.45, 2.75) is 26.4 Å². The molecule has 0 aliphatic heterocycles. The largest absolute Gasteiger partial charge is 0.478 e. The number of rotatable bonds is 3. The normalized spacial score (nSPS) is 13.5. The van der Waals surface area contributed by atoms with Crippen LogP contribution in [0, 0.1) is 5.92 Å². The highest BCUT2D eigenvalue weighted by atomic mass is 19.4. The summed E-state index contributed by atoms with van der Waals surface area (Å²) in [5.74, 6) is -1.74. The third-order valence-corrected chi connectivity index (χ3v) is 1.46. The monoisotopic (exact) mass is 196 g/mol. The lowest BCUT2D eigenvalue weighted by Gasteiger charge is -2.12. The van der Waals surface area contributed by atoms with Gasteiger partial charge in [0.25, 0.3) is 0 Å². The Labute approximate surface area is 74.1 Å². The Kier molecular flexibility index (Phi) is 3.97. The first-order chi connectivity index (χ1) is 5.72. The minimum atomic E-state index is -4.34. The Morgan fingerprint density at radius 1 is 1.46 bits per heavy atom. The van der Waals surface area contributed by atoms with E-state index < -0.39 is 24.5 Å². The van der Waals surface area contributed by atoms with E-state index in [9.17, 15) is 18.0 Å². The zero-order valence-corrected chi connectivity index (χ0v) is 7.35. The van der Waals surface area contributed by atoms with Gasteiger partial charge in [-0.3, -0.25) is 0 Å². The van der Waals surface area contributed by atoms with Gasteiger partial charge in [0.1, 0.15) is 0 Å². The number of carbonyl (C=O) groups is 1. The smallest absolute Gasteiger partial charge is 0.392 e. The van der Waals surface area contributed by atoms with Crippen LogP contribution in [0.15, 0.2) is 11.6 Å². The van der Waals surface area contributed by atoms with Crippen LogP contribution in [0.1, 0.15) is 20.3 Å². The first-order valence-corrected chi connectivity index (χ1v) is 3.72. The van der Waals surface area contributed by atoms with E-state index in [-0.39, 0.29) is 5.57 Å². The Hall–Kier alpha value is -1.00. The maximum atomic E-state index is 11.9. The lowest BCUT2D eigenvalue weighted by atomic mass is 9.99. The van der Waals surface area contributed by atoms with Crippen molar-refractivity contribution in [3.8, 4) is 0 Å². The summed E-state index contributed by atoms with van der Waals surface area (Å²) in [6.07, 6.45) is -4.87. The molecule has 0 aliphatic rings. The van der Waals surface area contributed by atoms with Crippen molar-refractivity contribution in [2.24, 2.45) is 5.92 Å². The lowest BCUT2D eigenvalue weighted by molar-refractivity contribution is -0.132. The zero-order chi connectivity index (χ0) is 10.6. The summed E-state index contributed by atoms with van der Waals surface area (Å²) in [6.45, 7) is 3.06. The average Bonchev–Trinajstić information content (AvgIpc) is 1.81. The number of carboxylic acid groups (broad SMARTS) is 1. The van der Waals surface area contributed by atoms with Gasteiger partial charge in [0.2, 0.25) is 0 Å². The molecule has 76 valence electrons. The fourth-order valence-electron chi connectivity index (χ4n) is 0.812. The van der Waals surface area contributed by atoms with Gasteiger partial charge >= 0.3 is 12.1 Å². The van der Waals surface area contributed by atoms with E-state index in [0.717, 1.165) is 0 Å². The van der Waals surface area contributed by atoms with Crippen molar-refractivity contribution >= 4 is 5.97 Å². The number of hydrogen-bond acceptors (Lipinski definition) is 1. The van der Waals surface area contributed by atoms with E-state index in [1.54, 1.807) is 0 Å². The minimum Gasteiger partial charge on any atom is -0.478 e. The van der Waals surface area contributed by atoms with Crippen LogP contribution < -0.4 is 0 Å². The van der Waals surface area contributed by atoms with Crippen LogP contribution in [0.25, 0.3) is 0 Å². The number of alkyl halides is 3. The molecule has 0 aromatic heterocycles. The molecule has 0 saturated carbocycles. The molecule has 0 radical (unpaired) electrons. The van der Waals surface area contributed by atoms with Crippen LogP contribution in [0.3, 0.4) is 0 Å². The molecule has 0 aromatic rings. The average molecular weight is 196 g/mol. The predicted molar refractivity (Wildman–Crippen MR) is 41.2 cm³/mol. The number of aliphatic carboxylic acids is 1. The molecule has 5 heteroatoms. The third-order valence-electron chi connectivity index (χ3n) is 1.46. The highest BCUT2D eigenvalue weighted by molar-refractivity contribution is 5.80. The summed E-state index contributed by atoms with van der Waals surface area (Å²) < 4.78 is 35.6. The van der Waals surface area contributed by atoms with E-state index in [4.69, 9.17) is 5.11 Å². The molecule has 0 rings (SSSR count). The molecule has 0 aromatic carbocycles. The van der Waals surface area contributed by atoms with Gasteiger partial charge in [0, 0.05) is 6.08 Å². The Bertz CT molecular complexity index is 216. The number of carboxylic acids is 1. The van der Waals surface area contributed by atoms with Gasteiger partial charge < -0.3 is 5.11 Å². The SMILES string of the molecule is CC(C)/C(=C/C(=O)O)CC(F)(F)F. The van der Waals surface area contributed by atoms with Crippen LogP contribution in [0.2, 0.25) is 0 Å². The molecule has 13 heavy (non-hydrogen) atoms. The van der Waals surface area contributed by atoms with Gasteiger partial charge in [-0.15, -0.1) is 0 Å². The van der Waals surface area contributed by atoms with Crippen molar-refractivity contribution in [1.82, 2.24) is 0 Å². The van der Waals surface area contributed by atoms with Gasteiger partial charge in [0.05, 0.1) is 6.42 Å². The second kappa shape index (κ2) is 4.30. The van der Waals surface area contributed by atoms with Crippen molar-refractivity contribution < 1.29 is 23.1 Å². The summed E-state index contributed by atoms with van der Waals surface area (Å²) in [4.78, 5) is 10.2. The summed E-state index contributed by atoms with van der Waals surface area (Å²) in [5, 5.41) is 8.29. The number of hydrogen-bond donors (Lipinski definition) is 1. The van der Waals surface area contributed by atoms with E-state index in [1.807, 2.05) is 0 Å². The first-order valence-electron chi connectivity index (χ1n) is 3.72. The Morgan fingerprint density at radius 2 is 1.92 bits per heavy atom. The third kappa shape index (κ3) is 6.19. The molecule has 0 atom stereocenters. The molecule has 0 fully saturated rings. The van der Waals surface area contributed by atoms with Gasteiger partial charge in [-0.1, -0.05) is 19.4 Å². The van der Waals surface area contributed by atoms with Gasteiger partial charge in [0.15, 0.2) is 0 Å². The molecule has 0 heterocycles. The van der Waals surface area contributed by atoms with Gasteiger partial charge in [-0.05, 0) is 5.92 Å². The molecule has 0 unspecified atom stereocenters. The second-order valence-corrected chi connectivity index (χ2v) is 3.00. The molecule has 0 spiro atoms. The quantitative estimate of drug-likeness (QED) is 0.704. The van der Waals surface area contributed by atoms with Crippen LogP contribution >= 0.6 is 0 Å². The lowest BCUT2D eigenvalue weighted by Crippen LogP contribution is -2.12. The van der Waals surface area contributed by atoms with E-state index in [1.165, 1.54) is 13.8 Å². The summed E-state index contributed by atoms with van der Waals surface area (Å²) in [6, 6.07) is 0. The minimum absolute atomic E-state index is 0.111. The maximum absolute atomic E-state index is 11.9. The summed E-state index contributed by atoms with van der Waals surface area (Å²) in [7, 11) is 0. The summed E-state index contributed by atoms with van der Waals surface area (Å²) >= 11 is 0. The molecule has 0 saturated heterocycles. The Balaban J connectivity index is 4.55. The highest BCUT2D eigenvalue weighted by Crippen LogP contribution is 2.28. The maximum Gasteiger partial charge on any atom is 0.392 e. The molecular formula is C8H11F3O2. The van der Waals surface area contributed by atoms with Crippen molar-refractivity contribution in [3.05, 3.63) is 11.6 Å². The number of halogens is 3. The molecule has 0 amide bonds. The predicted octanol–water partition coefficient (Wildman–Crippen LogP) is 2.61. The van der Waals surface area contributed by atoms with Crippen LogP contribution in [0.5, 0.6) is 0 Å². The van der Waals surface area contributed by atoms with E-state index >= 15 is 0 Å². The highest BCUT2D eigenvalue weighted by Gasteiger charge is 2.29. The van der Waals surface area contributed by atoms with Crippen molar-refractivity contribution in [3.63, 3.8) is 0 Å². The molecule has 0 bridgehead atoms.